The Kier molecular flexibility index (Phi) is 3.71. The smallest absolute Gasteiger partial charge is 0.258 e. The van der Waals surface area contributed by atoms with Gasteiger partial charge in [-0.2, -0.15) is 0 Å². The van der Waals surface area contributed by atoms with E-state index in [9.17, 15) is 9.18 Å². The third-order valence-corrected chi connectivity index (χ3v) is 3.03. The van der Waals surface area contributed by atoms with Crippen molar-refractivity contribution in [2.24, 2.45) is 0 Å². The van der Waals surface area contributed by atoms with Crippen LogP contribution in [-0.2, 0) is 0 Å². The molecule has 0 fully saturated rings. The van der Waals surface area contributed by atoms with Crippen LogP contribution in [0.3, 0.4) is 0 Å². The molecule has 0 atom stereocenters. The second-order valence-electron chi connectivity index (χ2n) is 4.10. The quantitative estimate of drug-likeness (QED) is 0.824. The van der Waals surface area contributed by atoms with Gasteiger partial charge in [-0.15, -0.1) is 0 Å². The van der Waals surface area contributed by atoms with Gasteiger partial charge in [0, 0.05) is 16.4 Å². The molecule has 5 heteroatoms. The van der Waals surface area contributed by atoms with E-state index in [1.54, 1.807) is 25.1 Å². The van der Waals surface area contributed by atoms with Gasteiger partial charge in [0.1, 0.15) is 5.82 Å². The monoisotopic (exact) mass is 278 g/mol. The van der Waals surface area contributed by atoms with E-state index >= 15 is 0 Å². The van der Waals surface area contributed by atoms with E-state index in [0.717, 1.165) is 11.6 Å². The van der Waals surface area contributed by atoms with Crippen LogP contribution in [0, 0.1) is 12.7 Å². The zero-order valence-electron chi connectivity index (χ0n) is 10.2. The highest BCUT2D eigenvalue weighted by atomic mass is 35.5. The van der Waals surface area contributed by atoms with Gasteiger partial charge < -0.3 is 11.1 Å². The zero-order valence-corrected chi connectivity index (χ0v) is 11.0. The Bertz CT molecular complexity index is 643. The number of nitrogens with one attached hydrogen (secondary N) is 1. The maximum Gasteiger partial charge on any atom is 0.258 e. The van der Waals surface area contributed by atoms with Gasteiger partial charge in [-0.1, -0.05) is 17.7 Å². The number of hydrogen-bond donors (Lipinski definition) is 2. The molecular weight excluding hydrogens is 267 g/mol. The van der Waals surface area contributed by atoms with Crippen molar-refractivity contribution in [1.29, 1.82) is 0 Å². The summed E-state index contributed by atoms with van der Waals surface area (Å²) >= 11 is 5.64. The van der Waals surface area contributed by atoms with Gasteiger partial charge in [-0.25, -0.2) is 4.39 Å². The van der Waals surface area contributed by atoms with Crippen LogP contribution >= 0.6 is 11.6 Å². The molecule has 0 radical (unpaired) electrons. The first-order valence-corrected chi connectivity index (χ1v) is 5.98. The Balaban J connectivity index is 2.28. The molecule has 0 aliphatic heterocycles. The lowest BCUT2D eigenvalue weighted by atomic mass is 10.1. The first-order chi connectivity index (χ1) is 8.99. The molecule has 2 aromatic carbocycles. The van der Waals surface area contributed by atoms with Crippen molar-refractivity contribution in [2.45, 2.75) is 6.92 Å². The molecule has 98 valence electrons. The molecule has 0 saturated heterocycles. The van der Waals surface area contributed by atoms with E-state index in [0.29, 0.717) is 11.4 Å². The maximum atomic E-state index is 13.6. The second-order valence-corrected chi connectivity index (χ2v) is 4.53. The fourth-order valence-electron chi connectivity index (χ4n) is 1.65. The van der Waals surface area contributed by atoms with Crippen molar-refractivity contribution in [3.63, 3.8) is 0 Å². The van der Waals surface area contributed by atoms with Crippen molar-refractivity contribution in [1.82, 2.24) is 0 Å². The standard InChI is InChI=1S/C14H12ClFN2O/c1-8-12(17)3-2-4-13(8)18-14(19)10-6-5-9(15)7-11(10)16/h2-7H,17H2,1H3,(H,18,19). The van der Waals surface area contributed by atoms with Crippen LogP contribution in [0.5, 0.6) is 0 Å². The molecular formula is C14H12ClFN2O. The number of benzene rings is 2. The lowest BCUT2D eigenvalue weighted by Crippen LogP contribution is -2.14. The average Bonchev–Trinajstić information content (AvgIpc) is 2.34. The van der Waals surface area contributed by atoms with Crippen LogP contribution in [0.4, 0.5) is 15.8 Å². The van der Waals surface area contributed by atoms with Gasteiger partial charge in [0.15, 0.2) is 0 Å². The summed E-state index contributed by atoms with van der Waals surface area (Å²) in [5.41, 5.74) is 7.54. The van der Waals surface area contributed by atoms with Crippen LogP contribution in [0.15, 0.2) is 36.4 Å². The number of hydrogen-bond acceptors (Lipinski definition) is 2. The molecule has 3 nitrogen and oxygen atoms in total. The molecule has 0 heterocycles. The minimum absolute atomic E-state index is 0.0637. The number of halogens is 2. The van der Waals surface area contributed by atoms with Gasteiger partial charge in [0.05, 0.1) is 5.56 Å². The van der Waals surface area contributed by atoms with Gasteiger partial charge in [0.2, 0.25) is 0 Å². The lowest BCUT2D eigenvalue weighted by Gasteiger charge is -2.10. The number of carbonyl (C=O) groups is 1. The van der Waals surface area contributed by atoms with E-state index in [1.165, 1.54) is 12.1 Å². The van der Waals surface area contributed by atoms with Crippen LogP contribution in [0.2, 0.25) is 5.02 Å². The highest BCUT2D eigenvalue weighted by Gasteiger charge is 2.13. The molecule has 1 amide bonds. The maximum absolute atomic E-state index is 13.6. The molecule has 19 heavy (non-hydrogen) atoms. The van der Waals surface area contributed by atoms with Crippen molar-refractivity contribution in [2.75, 3.05) is 11.1 Å². The second kappa shape index (κ2) is 5.28. The minimum atomic E-state index is -0.661. The molecule has 0 saturated carbocycles. The van der Waals surface area contributed by atoms with Crippen LogP contribution < -0.4 is 11.1 Å². The predicted molar refractivity (Wildman–Crippen MR) is 75.0 cm³/mol. The number of anilines is 2. The van der Waals surface area contributed by atoms with Gasteiger partial charge in [-0.05, 0) is 42.8 Å². The van der Waals surface area contributed by atoms with Crippen molar-refractivity contribution in [3.05, 3.63) is 58.4 Å². The Morgan fingerprint density at radius 3 is 2.74 bits per heavy atom. The Morgan fingerprint density at radius 1 is 1.32 bits per heavy atom. The van der Waals surface area contributed by atoms with Crippen LogP contribution in [0.1, 0.15) is 15.9 Å². The number of nitrogens with two attached hydrogens (primary N) is 1. The molecule has 3 N–H and O–H groups in total. The molecule has 0 spiro atoms. The fourth-order valence-corrected chi connectivity index (χ4v) is 1.81. The molecule has 0 unspecified atom stereocenters. The Hall–Kier alpha value is -2.07. The number of rotatable bonds is 2. The Labute approximate surface area is 115 Å². The summed E-state index contributed by atoms with van der Waals surface area (Å²) in [7, 11) is 0. The van der Waals surface area contributed by atoms with E-state index < -0.39 is 11.7 Å². The first-order valence-electron chi connectivity index (χ1n) is 5.60. The number of carbonyl (C=O) groups excluding carboxylic acids is 1. The fraction of sp³-hybridized carbons (Fsp3) is 0.0714. The van der Waals surface area contributed by atoms with Gasteiger partial charge >= 0.3 is 0 Å². The predicted octanol–water partition coefficient (Wildman–Crippen LogP) is 3.62. The summed E-state index contributed by atoms with van der Waals surface area (Å²) in [6, 6.07) is 9.06. The van der Waals surface area contributed by atoms with E-state index in [2.05, 4.69) is 5.32 Å². The normalized spacial score (nSPS) is 10.3. The summed E-state index contributed by atoms with van der Waals surface area (Å²) in [6.07, 6.45) is 0. The summed E-state index contributed by atoms with van der Waals surface area (Å²) in [6.45, 7) is 1.78. The first kappa shape index (κ1) is 13.4. The summed E-state index contributed by atoms with van der Waals surface area (Å²) in [5.74, 6) is -1.20. The molecule has 0 aliphatic rings. The summed E-state index contributed by atoms with van der Waals surface area (Å²) < 4.78 is 13.6. The molecule has 0 aliphatic carbocycles. The molecule has 2 rings (SSSR count). The molecule has 0 bridgehead atoms. The van der Waals surface area contributed by atoms with Crippen molar-refractivity contribution in [3.8, 4) is 0 Å². The third-order valence-electron chi connectivity index (χ3n) is 2.80. The SMILES string of the molecule is Cc1c(N)cccc1NC(=O)c1ccc(Cl)cc1F. The number of nitrogen functional groups attached to an aromatic ring is 1. The summed E-state index contributed by atoms with van der Waals surface area (Å²) in [5, 5.41) is 2.87. The minimum Gasteiger partial charge on any atom is -0.398 e. The van der Waals surface area contributed by atoms with Crippen LogP contribution in [0.25, 0.3) is 0 Å². The topological polar surface area (TPSA) is 55.1 Å². The third kappa shape index (κ3) is 2.85. The zero-order chi connectivity index (χ0) is 14.0. The average molecular weight is 279 g/mol. The Morgan fingerprint density at radius 2 is 2.05 bits per heavy atom. The van der Waals surface area contributed by atoms with E-state index in [-0.39, 0.29) is 10.6 Å². The highest BCUT2D eigenvalue weighted by Crippen LogP contribution is 2.22. The summed E-state index contributed by atoms with van der Waals surface area (Å²) in [4.78, 5) is 12.0. The van der Waals surface area contributed by atoms with Gasteiger partial charge in [0.25, 0.3) is 5.91 Å². The van der Waals surface area contributed by atoms with Gasteiger partial charge in [-0.3, -0.25) is 4.79 Å². The van der Waals surface area contributed by atoms with Crippen molar-refractivity contribution >= 4 is 28.9 Å². The largest absolute Gasteiger partial charge is 0.398 e. The lowest BCUT2D eigenvalue weighted by molar-refractivity contribution is 0.102. The van der Waals surface area contributed by atoms with Crippen LogP contribution in [-0.4, -0.2) is 5.91 Å². The number of amides is 1. The highest BCUT2D eigenvalue weighted by molar-refractivity contribution is 6.30. The molecule has 0 aromatic heterocycles. The van der Waals surface area contributed by atoms with E-state index in [1.807, 2.05) is 0 Å². The molecule has 2 aromatic rings. The van der Waals surface area contributed by atoms with Crippen molar-refractivity contribution < 1.29 is 9.18 Å². The van der Waals surface area contributed by atoms with E-state index in [4.69, 9.17) is 17.3 Å².